The number of anilines is 2. The Labute approximate surface area is 104 Å². The van der Waals surface area contributed by atoms with E-state index in [1.807, 2.05) is 25.1 Å². The molecule has 3 heteroatoms. The Hall–Kier alpha value is -1.38. The van der Waals surface area contributed by atoms with Gasteiger partial charge in [0.1, 0.15) is 5.75 Å². The minimum atomic E-state index is 0.0823. The van der Waals surface area contributed by atoms with E-state index in [-0.39, 0.29) is 5.54 Å². The third kappa shape index (κ3) is 3.29. The summed E-state index contributed by atoms with van der Waals surface area (Å²) in [6.45, 7) is 9.16. The van der Waals surface area contributed by atoms with Gasteiger partial charge < -0.3 is 15.8 Å². The third-order valence-corrected chi connectivity index (χ3v) is 3.36. The zero-order valence-corrected chi connectivity index (χ0v) is 11.3. The van der Waals surface area contributed by atoms with Gasteiger partial charge in [-0.15, -0.1) is 0 Å². The van der Waals surface area contributed by atoms with E-state index in [4.69, 9.17) is 10.5 Å². The van der Waals surface area contributed by atoms with Crippen molar-refractivity contribution in [3.8, 4) is 5.75 Å². The normalized spacial score (nSPS) is 11.3. The van der Waals surface area contributed by atoms with Crippen molar-refractivity contribution in [2.24, 2.45) is 0 Å². The van der Waals surface area contributed by atoms with Crippen molar-refractivity contribution < 1.29 is 4.74 Å². The summed E-state index contributed by atoms with van der Waals surface area (Å²) in [6.07, 6.45) is 2.11. The van der Waals surface area contributed by atoms with Crippen LogP contribution in [0.2, 0.25) is 0 Å². The predicted octanol–water partition coefficient (Wildman–Crippen LogP) is 3.66. The highest BCUT2D eigenvalue weighted by molar-refractivity contribution is 5.73. The van der Waals surface area contributed by atoms with Crippen LogP contribution in [-0.2, 0) is 0 Å². The van der Waals surface area contributed by atoms with E-state index in [0.717, 1.165) is 24.3 Å². The molecule has 0 aliphatic heterocycles. The molecule has 17 heavy (non-hydrogen) atoms. The van der Waals surface area contributed by atoms with E-state index in [9.17, 15) is 0 Å². The summed E-state index contributed by atoms with van der Waals surface area (Å²) in [5, 5.41) is 3.52. The SMILES string of the molecule is CCOc1cccc(NC(C)(CC)CC)c1N. The Kier molecular flexibility index (Phi) is 4.67. The van der Waals surface area contributed by atoms with Gasteiger partial charge in [0.15, 0.2) is 0 Å². The van der Waals surface area contributed by atoms with Gasteiger partial charge in [0.2, 0.25) is 0 Å². The van der Waals surface area contributed by atoms with Crippen LogP contribution in [0.5, 0.6) is 5.75 Å². The number of hydrogen-bond donors (Lipinski definition) is 2. The van der Waals surface area contributed by atoms with Crippen LogP contribution in [0.3, 0.4) is 0 Å². The van der Waals surface area contributed by atoms with Crippen molar-refractivity contribution in [2.75, 3.05) is 17.7 Å². The Bertz CT molecular complexity index is 359. The van der Waals surface area contributed by atoms with Crippen LogP contribution in [0.1, 0.15) is 40.5 Å². The maximum Gasteiger partial charge on any atom is 0.144 e. The second-order valence-corrected chi connectivity index (χ2v) is 4.54. The van der Waals surface area contributed by atoms with Crippen LogP contribution in [0.25, 0.3) is 0 Å². The first kappa shape index (κ1) is 13.7. The predicted molar refractivity (Wildman–Crippen MR) is 74.6 cm³/mol. The molecule has 0 bridgehead atoms. The van der Waals surface area contributed by atoms with E-state index in [1.54, 1.807) is 0 Å². The lowest BCUT2D eigenvalue weighted by molar-refractivity contribution is 0.342. The Morgan fingerprint density at radius 2 is 1.88 bits per heavy atom. The summed E-state index contributed by atoms with van der Waals surface area (Å²) < 4.78 is 5.49. The van der Waals surface area contributed by atoms with Crippen molar-refractivity contribution in [2.45, 2.75) is 46.1 Å². The number of nitrogens with two attached hydrogens (primary N) is 1. The maximum absolute atomic E-state index is 6.10. The molecule has 0 heterocycles. The van der Waals surface area contributed by atoms with Crippen LogP contribution in [0.15, 0.2) is 18.2 Å². The summed E-state index contributed by atoms with van der Waals surface area (Å²) >= 11 is 0. The maximum atomic E-state index is 6.10. The number of rotatable bonds is 6. The number of para-hydroxylation sites is 1. The highest BCUT2D eigenvalue weighted by Gasteiger charge is 2.20. The molecule has 0 unspecified atom stereocenters. The second-order valence-electron chi connectivity index (χ2n) is 4.54. The van der Waals surface area contributed by atoms with Crippen molar-refractivity contribution >= 4 is 11.4 Å². The molecule has 1 rings (SSSR count). The summed E-state index contributed by atoms with van der Waals surface area (Å²) in [5.41, 5.74) is 7.84. The van der Waals surface area contributed by atoms with Gasteiger partial charge in [-0.2, -0.15) is 0 Å². The molecule has 0 saturated heterocycles. The monoisotopic (exact) mass is 236 g/mol. The van der Waals surface area contributed by atoms with Gasteiger partial charge in [-0.1, -0.05) is 19.9 Å². The van der Waals surface area contributed by atoms with E-state index < -0.39 is 0 Å². The van der Waals surface area contributed by atoms with Gasteiger partial charge in [0, 0.05) is 5.54 Å². The fraction of sp³-hybridized carbons (Fsp3) is 0.571. The molecule has 0 atom stereocenters. The Balaban J connectivity index is 2.95. The van der Waals surface area contributed by atoms with Crippen LogP contribution in [0, 0.1) is 0 Å². The summed E-state index contributed by atoms with van der Waals surface area (Å²) in [7, 11) is 0. The molecule has 1 aromatic carbocycles. The molecule has 0 aliphatic rings. The lowest BCUT2D eigenvalue weighted by Gasteiger charge is -2.30. The molecule has 0 spiro atoms. The first-order valence-corrected chi connectivity index (χ1v) is 6.35. The molecule has 0 amide bonds. The van der Waals surface area contributed by atoms with Crippen molar-refractivity contribution in [1.82, 2.24) is 0 Å². The second kappa shape index (κ2) is 5.80. The van der Waals surface area contributed by atoms with Gasteiger partial charge in [-0.25, -0.2) is 0 Å². The van der Waals surface area contributed by atoms with E-state index in [1.165, 1.54) is 0 Å². The first-order chi connectivity index (χ1) is 8.06. The van der Waals surface area contributed by atoms with Crippen molar-refractivity contribution in [1.29, 1.82) is 0 Å². The largest absolute Gasteiger partial charge is 0.492 e. The first-order valence-electron chi connectivity index (χ1n) is 6.35. The van der Waals surface area contributed by atoms with Gasteiger partial charge >= 0.3 is 0 Å². The zero-order valence-electron chi connectivity index (χ0n) is 11.3. The summed E-state index contributed by atoms with van der Waals surface area (Å²) in [4.78, 5) is 0. The van der Waals surface area contributed by atoms with Crippen LogP contribution < -0.4 is 15.8 Å². The quantitative estimate of drug-likeness (QED) is 0.741. The smallest absolute Gasteiger partial charge is 0.144 e. The van der Waals surface area contributed by atoms with Crippen LogP contribution in [-0.4, -0.2) is 12.1 Å². The molecule has 3 N–H and O–H groups in total. The number of nitrogen functional groups attached to an aromatic ring is 1. The molecule has 0 radical (unpaired) electrons. The fourth-order valence-electron chi connectivity index (χ4n) is 1.69. The molecule has 0 aromatic heterocycles. The number of ether oxygens (including phenoxy) is 1. The fourth-order valence-corrected chi connectivity index (χ4v) is 1.69. The molecule has 3 nitrogen and oxygen atoms in total. The molecule has 1 aromatic rings. The topological polar surface area (TPSA) is 47.3 Å². The van der Waals surface area contributed by atoms with E-state index >= 15 is 0 Å². The Morgan fingerprint density at radius 1 is 1.24 bits per heavy atom. The van der Waals surface area contributed by atoms with Crippen LogP contribution in [0.4, 0.5) is 11.4 Å². The number of hydrogen-bond acceptors (Lipinski definition) is 3. The summed E-state index contributed by atoms with van der Waals surface area (Å²) in [5.74, 6) is 0.757. The van der Waals surface area contributed by atoms with E-state index in [0.29, 0.717) is 12.3 Å². The molecular formula is C14H24N2O. The number of nitrogens with one attached hydrogen (secondary N) is 1. The third-order valence-electron chi connectivity index (χ3n) is 3.36. The molecule has 0 fully saturated rings. The standard InChI is InChI=1S/C14H24N2O/c1-5-14(4,6-2)16-11-9-8-10-12(13(11)15)17-7-3/h8-10,16H,5-7,15H2,1-4H3. The molecule has 96 valence electrons. The van der Waals surface area contributed by atoms with E-state index in [2.05, 4.69) is 26.1 Å². The van der Waals surface area contributed by atoms with Gasteiger partial charge in [-0.3, -0.25) is 0 Å². The zero-order chi connectivity index (χ0) is 12.9. The minimum Gasteiger partial charge on any atom is -0.492 e. The highest BCUT2D eigenvalue weighted by Crippen LogP contribution is 2.32. The van der Waals surface area contributed by atoms with Gasteiger partial charge in [-0.05, 0) is 38.8 Å². The summed E-state index contributed by atoms with van der Waals surface area (Å²) in [6, 6.07) is 5.87. The molecule has 0 saturated carbocycles. The highest BCUT2D eigenvalue weighted by atomic mass is 16.5. The average Bonchev–Trinajstić information content (AvgIpc) is 2.34. The average molecular weight is 236 g/mol. The number of benzene rings is 1. The van der Waals surface area contributed by atoms with Gasteiger partial charge in [0.05, 0.1) is 18.0 Å². The molecular weight excluding hydrogens is 212 g/mol. The Morgan fingerprint density at radius 3 is 2.41 bits per heavy atom. The lowest BCUT2D eigenvalue weighted by Crippen LogP contribution is -2.33. The van der Waals surface area contributed by atoms with Crippen LogP contribution >= 0.6 is 0 Å². The van der Waals surface area contributed by atoms with Crippen molar-refractivity contribution in [3.05, 3.63) is 18.2 Å². The minimum absolute atomic E-state index is 0.0823. The van der Waals surface area contributed by atoms with Crippen molar-refractivity contribution in [3.63, 3.8) is 0 Å². The van der Waals surface area contributed by atoms with Gasteiger partial charge in [0.25, 0.3) is 0 Å². The molecule has 0 aliphatic carbocycles. The lowest BCUT2D eigenvalue weighted by atomic mass is 9.95.